The Kier molecular flexibility index (Phi) is 5.49. The standard InChI is InChI=1S/C17H13F2NO3S3/c18-12-6-5-11(9-13(12)19)17(21)20-10-15(14-3-1-7-24-14)26(22,23)16-4-2-8-25-16/h1-9,15H,10H2,(H,20,21)/t15-/m1/s1. The minimum absolute atomic E-state index is 0.0812. The SMILES string of the molecule is O=C(NC[C@H](c1cccs1)S(=O)(=O)c1cccs1)c1ccc(F)c(F)c1. The second-order valence-corrected chi connectivity index (χ2v) is 9.60. The third kappa shape index (κ3) is 3.84. The Bertz CT molecular complexity index is 1000. The molecule has 0 radical (unpaired) electrons. The number of rotatable bonds is 6. The summed E-state index contributed by atoms with van der Waals surface area (Å²) in [6.07, 6.45) is 0. The molecule has 1 N–H and O–H groups in total. The maximum absolute atomic E-state index is 13.3. The van der Waals surface area contributed by atoms with Gasteiger partial charge in [0.15, 0.2) is 21.5 Å². The van der Waals surface area contributed by atoms with Crippen molar-refractivity contribution < 1.29 is 22.0 Å². The molecule has 0 spiro atoms. The minimum Gasteiger partial charge on any atom is -0.350 e. The van der Waals surface area contributed by atoms with E-state index < -0.39 is 32.6 Å². The second-order valence-electron chi connectivity index (χ2n) is 5.32. The van der Waals surface area contributed by atoms with E-state index in [1.807, 2.05) is 0 Å². The van der Waals surface area contributed by atoms with Gasteiger partial charge < -0.3 is 5.32 Å². The van der Waals surface area contributed by atoms with Crippen molar-refractivity contribution >= 4 is 38.4 Å². The van der Waals surface area contributed by atoms with Crippen molar-refractivity contribution in [1.82, 2.24) is 5.32 Å². The van der Waals surface area contributed by atoms with E-state index in [1.54, 1.807) is 29.0 Å². The van der Waals surface area contributed by atoms with E-state index in [1.165, 1.54) is 17.4 Å². The molecule has 9 heteroatoms. The molecule has 0 fully saturated rings. The van der Waals surface area contributed by atoms with E-state index in [-0.39, 0.29) is 16.3 Å². The molecule has 2 aromatic heterocycles. The lowest BCUT2D eigenvalue weighted by Crippen LogP contribution is -2.31. The zero-order chi connectivity index (χ0) is 18.7. The first kappa shape index (κ1) is 18.7. The summed E-state index contributed by atoms with van der Waals surface area (Å²) in [6.45, 7) is -0.182. The molecule has 0 saturated carbocycles. The fourth-order valence-corrected chi connectivity index (χ4v) is 6.32. The maximum Gasteiger partial charge on any atom is 0.251 e. The zero-order valence-corrected chi connectivity index (χ0v) is 15.6. The molecule has 26 heavy (non-hydrogen) atoms. The van der Waals surface area contributed by atoms with Crippen LogP contribution in [0.25, 0.3) is 0 Å². The Labute approximate surface area is 157 Å². The monoisotopic (exact) mass is 413 g/mol. The Morgan fingerprint density at radius 2 is 1.77 bits per heavy atom. The van der Waals surface area contributed by atoms with Gasteiger partial charge in [0.25, 0.3) is 5.91 Å². The summed E-state index contributed by atoms with van der Waals surface area (Å²) in [7, 11) is -3.69. The van der Waals surface area contributed by atoms with Crippen molar-refractivity contribution in [1.29, 1.82) is 0 Å². The number of amides is 1. The molecule has 1 amide bonds. The highest BCUT2D eigenvalue weighted by atomic mass is 32.2. The topological polar surface area (TPSA) is 63.2 Å². The van der Waals surface area contributed by atoms with Crippen LogP contribution in [-0.4, -0.2) is 20.9 Å². The van der Waals surface area contributed by atoms with Crippen molar-refractivity contribution in [3.05, 3.63) is 75.3 Å². The van der Waals surface area contributed by atoms with Crippen molar-refractivity contribution in [2.24, 2.45) is 0 Å². The molecule has 0 unspecified atom stereocenters. The summed E-state index contributed by atoms with van der Waals surface area (Å²) in [6, 6.07) is 9.34. The summed E-state index contributed by atoms with van der Waals surface area (Å²) in [5, 5.41) is 4.96. The normalized spacial score (nSPS) is 12.7. The van der Waals surface area contributed by atoms with Gasteiger partial charge in [-0.15, -0.1) is 22.7 Å². The first-order valence-electron chi connectivity index (χ1n) is 7.43. The van der Waals surface area contributed by atoms with Crippen LogP contribution in [0.15, 0.2) is 57.4 Å². The first-order chi connectivity index (χ1) is 12.4. The largest absolute Gasteiger partial charge is 0.350 e. The second kappa shape index (κ2) is 7.65. The number of carbonyl (C=O) groups is 1. The van der Waals surface area contributed by atoms with E-state index in [9.17, 15) is 22.0 Å². The number of hydrogen-bond acceptors (Lipinski definition) is 5. The predicted molar refractivity (Wildman–Crippen MR) is 97.3 cm³/mol. The Morgan fingerprint density at radius 3 is 2.38 bits per heavy atom. The van der Waals surface area contributed by atoms with Gasteiger partial charge in [-0.25, -0.2) is 17.2 Å². The van der Waals surface area contributed by atoms with E-state index in [0.29, 0.717) is 4.88 Å². The van der Waals surface area contributed by atoms with Crippen molar-refractivity contribution in [3.8, 4) is 0 Å². The van der Waals surface area contributed by atoms with Crippen LogP contribution in [0.3, 0.4) is 0 Å². The van der Waals surface area contributed by atoms with Crippen LogP contribution in [-0.2, 0) is 9.84 Å². The third-order valence-corrected chi connectivity index (χ3v) is 8.29. The van der Waals surface area contributed by atoms with Crippen molar-refractivity contribution in [2.75, 3.05) is 6.54 Å². The maximum atomic E-state index is 13.3. The van der Waals surface area contributed by atoms with Gasteiger partial charge in [0.2, 0.25) is 0 Å². The molecule has 136 valence electrons. The Hall–Kier alpha value is -2.10. The van der Waals surface area contributed by atoms with Crippen LogP contribution in [0.2, 0.25) is 0 Å². The van der Waals surface area contributed by atoms with Gasteiger partial charge in [0, 0.05) is 17.0 Å². The molecule has 0 aliphatic rings. The fraction of sp³-hybridized carbons (Fsp3) is 0.118. The number of halogens is 2. The van der Waals surface area contributed by atoms with Crippen LogP contribution < -0.4 is 5.32 Å². The summed E-state index contributed by atoms with van der Waals surface area (Å²) < 4.78 is 52.3. The highest BCUT2D eigenvalue weighted by Gasteiger charge is 2.31. The predicted octanol–water partition coefficient (Wildman–Crippen LogP) is 4.03. The highest BCUT2D eigenvalue weighted by molar-refractivity contribution is 7.93. The lowest BCUT2D eigenvalue weighted by Gasteiger charge is -2.16. The smallest absolute Gasteiger partial charge is 0.251 e. The van der Waals surface area contributed by atoms with Gasteiger partial charge in [0.05, 0.1) is 0 Å². The molecule has 1 atom stereocenters. The highest BCUT2D eigenvalue weighted by Crippen LogP contribution is 2.33. The Morgan fingerprint density at radius 1 is 1.04 bits per heavy atom. The molecular formula is C17H13F2NO3S3. The number of benzene rings is 1. The molecule has 0 aliphatic carbocycles. The molecule has 3 aromatic rings. The lowest BCUT2D eigenvalue weighted by molar-refractivity contribution is 0.0953. The summed E-state index contributed by atoms with van der Waals surface area (Å²) in [4.78, 5) is 12.8. The van der Waals surface area contributed by atoms with Gasteiger partial charge >= 0.3 is 0 Å². The quantitative estimate of drug-likeness (QED) is 0.664. The summed E-state index contributed by atoms with van der Waals surface area (Å²) in [5.74, 6) is -2.87. The molecule has 0 saturated heterocycles. The van der Waals surface area contributed by atoms with Gasteiger partial charge in [-0.05, 0) is 41.1 Å². The number of carbonyl (C=O) groups excluding carboxylic acids is 1. The molecule has 0 bridgehead atoms. The number of nitrogens with one attached hydrogen (secondary N) is 1. The van der Waals surface area contributed by atoms with Crippen LogP contribution in [0.1, 0.15) is 20.5 Å². The van der Waals surface area contributed by atoms with Crippen LogP contribution in [0, 0.1) is 11.6 Å². The average molecular weight is 413 g/mol. The van der Waals surface area contributed by atoms with Crippen molar-refractivity contribution in [3.63, 3.8) is 0 Å². The Balaban J connectivity index is 1.83. The summed E-state index contributed by atoms with van der Waals surface area (Å²) in [5.41, 5.74) is -0.0812. The zero-order valence-electron chi connectivity index (χ0n) is 13.2. The molecule has 2 heterocycles. The van der Waals surface area contributed by atoms with Gasteiger partial charge in [-0.1, -0.05) is 12.1 Å². The van der Waals surface area contributed by atoms with E-state index >= 15 is 0 Å². The molecule has 3 rings (SSSR count). The van der Waals surface area contributed by atoms with Crippen LogP contribution >= 0.6 is 22.7 Å². The van der Waals surface area contributed by atoms with Gasteiger partial charge in [0.1, 0.15) is 9.46 Å². The van der Waals surface area contributed by atoms with Crippen LogP contribution in [0.5, 0.6) is 0 Å². The summed E-state index contributed by atoms with van der Waals surface area (Å²) >= 11 is 2.37. The fourth-order valence-electron chi connectivity index (χ4n) is 2.33. The van der Waals surface area contributed by atoms with E-state index in [4.69, 9.17) is 0 Å². The van der Waals surface area contributed by atoms with Gasteiger partial charge in [-0.2, -0.15) is 0 Å². The lowest BCUT2D eigenvalue weighted by atomic mass is 10.2. The van der Waals surface area contributed by atoms with Gasteiger partial charge in [-0.3, -0.25) is 4.79 Å². The van der Waals surface area contributed by atoms with Crippen LogP contribution in [0.4, 0.5) is 8.78 Å². The minimum atomic E-state index is -3.69. The van der Waals surface area contributed by atoms with E-state index in [0.717, 1.165) is 29.5 Å². The number of sulfone groups is 1. The first-order valence-corrected chi connectivity index (χ1v) is 10.7. The molecule has 0 aliphatic heterocycles. The molecular weight excluding hydrogens is 400 g/mol. The number of hydrogen-bond donors (Lipinski definition) is 1. The van der Waals surface area contributed by atoms with E-state index in [2.05, 4.69) is 5.32 Å². The average Bonchev–Trinajstić information content (AvgIpc) is 3.30. The number of thiophene rings is 2. The molecule has 4 nitrogen and oxygen atoms in total. The molecule has 1 aromatic carbocycles. The third-order valence-electron chi connectivity index (χ3n) is 3.64. The van der Waals surface area contributed by atoms with Crippen molar-refractivity contribution in [2.45, 2.75) is 9.46 Å².